The van der Waals surface area contributed by atoms with Crippen LogP contribution in [0.15, 0.2) is 53.5 Å². The number of piperidine rings is 1. The summed E-state index contributed by atoms with van der Waals surface area (Å²) >= 11 is 0. The minimum Gasteiger partial charge on any atom is -0.341 e. The number of anilines is 1. The van der Waals surface area contributed by atoms with Gasteiger partial charge in [0.15, 0.2) is 5.78 Å². The van der Waals surface area contributed by atoms with Gasteiger partial charge in [-0.05, 0) is 19.8 Å². The van der Waals surface area contributed by atoms with Crippen molar-refractivity contribution in [2.75, 3.05) is 18.0 Å². The third-order valence-electron chi connectivity index (χ3n) is 5.38. The molecule has 0 amide bonds. The van der Waals surface area contributed by atoms with Crippen molar-refractivity contribution in [3.63, 3.8) is 0 Å². The van der Waals surface area contributed by atoms with Gasteiger partial charge in [-0.1, -0.05) is 42.5 Å². The van der Waals surface area contributed by atoms with E-state index in [1.54, 1.807) is 30.5 Å². The van der Waals surface area contributed by atoms with Crippen LogP contribution in [-0.4, -0.2) is 44.2 Å². The summed E-state index contributed by atoms with van der Waals surface area (Å²) in [6, 6.07) is 9.01. The molecular formula is C22H26N6O2. The first-order valence-electron chi connectivity index (χ1n) is 10.2. The van der Waals surface area contributed by atoms with Gasteiger partial charge in [-0.25, -0.2) is 9.67 Å². The second-order valence-corrected chi connectivity index (χ2v) is 7.57. The van der Waals surface area contributed by atoms with E-state index in [0.717, 1.165) is 25.3 Å². The van der Waals surface area contributed by atoms with Gasteiger partial charge in [0.25, 0.3) is 5.56 Å². The summed E-state index contributed by atoms with van der Waals surface area (Å²) in [5.74, 6) is 0.565. The lowest BCUT2D eigenvalue weighted by atomic mass is 10.1. The van der Waals surface area contributed by atoms with Crippen LogP contribution in [0.4, 0.5) is 5.95 Å². The molecule has 1 fully saturated rings. The van der Waals surface area contributed by atoms with Gasteiger partial charge in [-0.3, -0.25) is 9.59 Å². The van der Waals surface area contributed by atoms with Crippen LogP contribution in [0, 0.1) is 0 Å². The molecule has 3 aromatic rings. The summed E-state index contributed by atoms with van der Waals surface area (Å²) in [7, 11) is 0. The molecule has 0 radical (unpaired) electrons. The maximum atomic E-state index is 13.3. The number of allylic oxidation sites excluding steroid dienone is 2. The summed E-state index contributed by atoms with van der Waals surface area (Å²) in [6.07, 6.45) is 7.46. The third-order valence-corrected chi connectivity index (χ3v) is 5.38. The first-order chi connectivity index (χ1) is 14.6. The highest BCUT2D eigenvalue weighted by Gasteiger charge is 2.24. The molecule has 0 spiro atoms. The predicted octanol–water partition coefficient (Wildman–Crippen LogP) is 1.98. The van der Waals surface area contributed by atoms with Gasteiger partial charge in [0.05, 0.1) is 6.20 Å². The first-order valence-corrected chi connectivity index (χ1v) is 10.2. The molecule has 0 saturated carbocycles. The Morgan fingerprint density at radius 1 is 1.30 bits per heavy atom. The van der Waals surface area contributed by atoms with Crippen molar-refractivity contribution < 1.29 is 4.79 Å². The van der Waals surface area contributed by atoms with Crippen molar-refractivity contribution in [3.8, 4) is 0 Å². The lowest BCUT2D eigenvalue weighted by molar-refractivity contribution is 0.0966. The molecule has 1 unspecified atom stereocenters. The minimum absolute atomic E-state index is 0.0898. The maximum absolute atomic E-state index is 13.3. The van der Waals surface area contributed by atoms with Gasteiger partial charge in [0, 0.05) is 31.2 Å². The Morgan fingerprint density at radius 3 is 2.83 bits per heavy atom. The summed E-state index contributed by atoms with van der Waals surface area (Å²) in [5, 5.41) is 4.21. The van der Waals surface area contributed by atoms with Gasteiger partial charge >= 0.3 is 0 Å². The number of carbonyl (C=O) groups is 1. The van der Waals surface area contributed by atoms with E-state index in [9.17, 15) is 9.59 Å². The summed E-state index contributed by atoms with van der Waals surface area (Å²) in [5.41, 5.74) is 7.38. The molecule has 3 heterocycles. The fourth-order valence-corrected chi connectivity index (χ4v) is 3.85. The largest absolute Gasteiger partial charge is 0.341 e. The van der Waals surface area contributed by atoms with E-state index >= 15 is 0 Å². The van der Waals surface area contributed by atoms with Gasteiger partial charge in [-0.15, -0.1) is 0 Å². The van der Waals surface area contributed by atoms with Crippen molar-refractivity contribution in [1.29, 1.82) is 0 Å². The summed E-state index contributed by atoms with van der Waals surface area (Å²) < 4.78 is 3.12. The number of imidazole rings is 1. The molecule has 156 valence electrons. The molecule has 30 heavy (non-hydrogen) atoms. The Bertz CT molecular complexity index is 1130. The lowest BCUT2D eigenvalue weighted by Gasteiger charge is -2.31. The van der Waals surface area contributed by atoms with Gasteiger partial charge in [-0.2, -0.15) is 5.10 Å². The molecule has 4 rings (SSSR count). The number of hydrogen-bond donors (Lipinski definition) is 1. The van der Waals surface area contributed by atoms with Crippen LogP contribution in [0.25, 0.3) is 11.0 Å². The molecular weight excluding hydrogens is 380 g/mol. The number of fused-ring (bicyclic) bond motifs is 1. The molecule has 0 aliphatic carbocycles. The lowest BCUT2D eigenvalue weighted by Crippen LogP contribution is -2.44. The number of ketones is 1. The third kappa shape index (κ3) is 3.91. The second kappa shape index (κ2) is 8.62. The summed E-state index contributed by atoms with van der Waals surface area (Å²) in [6.45, 7) is 3.89. The van der Waals surface area contributed by atoms with Crippen LogP contribution < -0.4 is 16.2 Å². The number of Topliss-reactive ketones (excluding diaryl/α,β-unsaturated/α-hetero) is 1. The van der Waals surface area contributed by atoms with Gasteiger partial charge in [0.2, 0.25) is 5.95 Å². The highest BCUT2D eigenvalue weighted by atomic mass is 16.1. The molecule has 2 aromatic heterocycles. The van der Waals surface area contributed by atoms with E-state index in [1.807, 2.05) is 29.7 Å². The normalized spacial score (nSPS) is 17.1. The fourth-order valence-electron chi connectivity index (χ4n) is 3.85. The molecule has 1 aliphatic rings. The van der Waals surface area contributed by atoms with E-state index in [4.69, 9.17) is 10.7 Å². The van der Waals surface area contributed by atoms with Gasteiger partial charge in [0.1, 0.15) is 17.6 Å². The average Bonchev–Trinajstić information content (AvgIpc) is 3.14. The van der Waals surface area contributed by atoms with E-state index in [2.05, 4.69) is 10.00 Å². The Morgan fingerprint density at radius 2 is 2.10 bits per heavy atom. The number of hydrogen-bond acceptors (Lipinski definition) is 6. The number of carbonyl (C=O) groups excluding carboxylic acids is 1. The van der Waals surface area contributed by atoms with Crippen molar-refractivity contribution in [2.24, 2.45) is 5.73 Å². The molecule has 8 nitrogen and oxygen atoms in total. The second-order valence-electron chi connectivity index (χ2n) is 7.57. The number of aromatic nitrogens is 4. The molecule has 2 N–H and O–H groups in total. The van der Waals surface area contributed by atoms with Crippen LogP contribution in [0.5, 0.6) is 0 Å². The van der Waals surface area contributed by atoms with Crippen molar-refractivity contribution in [2.45, 2.75) is 38.9 Å². The van der Waals surface area contributed by atoms with Crippen LogP contribution in [0.3, 0.4) is 0 Å². The van der Waals surface area contributed by atoms with Crippen LogP contribution in [0.1, 0.15) is 30.1 Å². The first kappa shape index (κ1) is 20.0. The summed E-state index contributed by atoms with van der Waals surface area (Å²) in [4.78, 5) is 32.7. The topological polar surface area (TPSA) is 99.0 Å². The average molecular weight is 406 g/mol. The van der Waals surface area contributed by atoms with Crippen LogP contribution in [0.2, 0.25) is 0 Å². The molecule has 0 bridgehead atoms. The minimum atomic E-state index is -0.318. The van der Waals surface area contributed by atoms with E-state index in [-0.39, 0.29) is 23.9 Å². The Balaban J connectivity index is 1.76. The molecule has 1 aliphatic heterocycles. The molecule has 1 atom stereocenters. The van der Waals surface area contributed by atoms with E-state index in [1.165, 1.54) is 4.68 Å². The standard InChI is InChI=1S/C22H26N6O2/c1-2-3-12-27-20-18(25-22(27)26-11-7-10-17(23)14-26)13-24-28(21(20)30)15-19(29)16-8-5-4-6-9-16/h2-6,8-9,13,17H,7,10-12,14-15,23H2,1H3. The Labute approximate surface area is 174 Å². The van der Waals surface area contributed by atoms with Crippen LogP contribution in [-0.2, 0) is 13.1 Å². The van der Waals surface area contributed by atoms with Crippen molar-refractivity contribution in [1.82, 2.24) is 19.3 Å². The van der Waals surface area contributed by atoms with E-state index in [0.29, 0.717) is 29.7 Å². The van der Waals surface area contributed by atoms with Crippen molar-refractivity contribution in [3.05, 3.63) is 64.6 Å². The molecule has 1 aromatic carbocycles. The zero-order valence-corrected chi connectivity index (χ0v) is 17.1. The Kier molecular flexibility index (Phi) is 5.76. The maximum Gasteiger partial charge on any atom is 0.293 e. The van der Waals surface area contributed by atoms with Gasteiger partial charge < -0.3 is 15.2 Å². The van der Waals surface area contributed by atoms with Crippen LogP contribution >= 0.6 is 0 Å². The predicted molar refractivity (Wildman–Crippen MR) is 117 cm³/mol. The monoisotopic (exact) mass is 406 g/mol. The van der Waals surface area contributed by atoms with E-state index < -0.39 is 0 Å². The highest BCUT2D eigenvalue weighted by Crippen LogP contribution is 2.23. The quantitative estimate of drug-likeness (QED) is 0.496. The highest BCUT2D eigenvalue weighted by molar-refractivity contribution is 5.95. The van der Waals surface area contributed by atoms with Crippen molar-refractivity contribution >= 4 is 22.8 Å². The number of benzene rings is 1. The number of rotatable bonds is 6. The SMILES string of the molecule is CC=CCn1c(N2CCCC(N)C2)nc2cnn(CC(=O)c3ccccc3)c(=O)c21. The number of nitrogens with zero attached hydrogens (tertiary/aromatic N) is 5. The fraction of sp³-hybridized carbons (Fsp3) is 0.364. The zero-order valence-electron chi connectivity index (χ0n) is 17.1. The Hall–Kier alpha value is -3.26. The molecule has 8 heteroatoms. The smallest absolute Gasteiger partial charge is 0.293 e. The zero-order chi connectivity index (χ0) is 21.1. The number of nitrogens with two attached hydrogens (primary N) is 1. The molecule has 1 saturated heterocycles.